The predicted octanol–water partition coefficient (Wildman–Crippen LogP) is 4.08. The van der Waals surface area contributed by atoms with Crippen LogP contribution in [0.1, 0.15) is 57.7 Å². The van der Waals surface area contributed by atoms with Gasteiger partial charge in [0.1, 0.15) is 5.82 Å². The quantitative estimate of drug-likeness (QED) is 0.474. The summed E-state index contributed by atoms with van der Waals surface area (Å²) in [5.74, 6) is 1.15. The normalized spacial score (nSPS) is 11.0. The SMILES string of the molecule is CCCCCCCCn1c(CCCNC=O)nc2ccccc21. The molecule has 1 amide bonds. The van der Waals surface area contributed by atoms with Crippen molar-refractivity contribution >= 4 is 17.4 Å². The number of hydrogen-bond acceptors (Lipinski definition) is 2. The summed E-state index contributed by atoms with van der Waals surface area (Å²) in [7, 11) is 0. The summed E-state index contributed by atoms with van der Waals surface area (Å²) in [6.07, 6.45) is 10.4. The zero-order valence-corrected chi connectivity index (χ0v) is 14.3. The number of hydrogen-bond donors (Lipinski definition) is 1. The molecule has 0 spiro atoms. The van der Waals surface area contributed by atoms with Gasteiger partial charge >= 0.3 is 0 Å². The van der Waals surface area contributed by atoms with Crippen LogP contribution in [0.3, 0.4) is 0 Å². The van der Waals surface area contributed by atoms with Crippen LogP contribution in [0.25, 0.3) is 11.0 Å². The Morgan fingerprint density at radius 2 is 1.87 bits per heavy atom. The minimum Gasteiger partial charge on any atom is -0.359 e. The molecule has 0 saturated carbocycles. The van der Waals surface area contributed by atoms with Gasteiger partial charge in [-0.2, -0.15) is 0 Å². The van der Waals surface area contributed by atoms with Crippen LogP contribution in [0.4, 0.5) is 0 Å². The van der Waals surface area contributed by atoms with Gasteiger partial charge < -0.3 is 9.88 Å². The fourth-order valence-corrected chi connectivity index (χ4v) is 3.02. The van der Waals surface area contributed by atoms with Crippen LogP contribution in [0.15, 0.2) is 24.3 Å². The lowest BCUT2D eigenvalue weighted by Crippen LogP contribution is -2.14. The summed E-state index contributed by atoms with van der Waals surface area (Å²) in [4.78, 5) is 15.1. The van der Waals surface area contributed by atoms with Crippen molar-refractivity contribution in [2.45, 2.75) is 64.8 Å². The van der Waals surface area contributed by atoms with E-state index in [0.29, 0.717) is 6.54 Å². The van der Waals surface area contributed by atoms with E-state index in [1.807, 2.05) is 6.07 Å². The second-order valence-electron chi connectivity index (χ2n) is 6.11. The van der Waals surface area contributed by atoms with Gasteiger partial charge in [0, 0.05) is 19.5 Å². The van der Waals surface area contributed by atoms with Gasteiger partial charge in [-0.3, -0.25) is 4.79 Å². The zero-order chi connectivity index (χ0) is 16.3. The molecule has 23 heavy (non-hydrogen) atoms. The molecule has 0 unspecified atom stereocenters. The van der Waals surface area contributed by atoms with Crippen LogP contribution in [-0.2, 0) is 17.8 Å². The molecule has 0 aliphatic carbocycles. The molecule has 0 atom stereocenters. The molecule has 2 aromatic rings. The number of fused-ring (bicyclic) bond motifs is 1. The van der Waals surface area contributed by atoms with E-state index in [0.717, 1.165) is 37.1 Å². The van der Waals surface area contributed by atoms with Crippen LogP contribution >= 0.6 is 0 Å². The van der Waals surface area contributed by atoms with Crippen LogP contribution in [0.5, 0.6) is 0 Å². The van der Waals surface area contributed by atoms with E-state index < -0.39 is 0 Å². The van der Waals surface area contributed by atoms with Gasteiger partial charge in [-0.15, -0.1) is 0 Å². The number of aryl methyl sites for hydroxylation is 2. The average molecular weight is 315 g/mol. The van der Waals surface area contributed by atoms with Crippen molar-refractivity contribution in [2.75, 3.05) is 6.54 Å². The van der Waals surface area contributed by atoms with Crippen LogP contribution in [-0.4, -0.2) is 22.5 Å². The Bertz CT molecular complexity index is 591. The fraction of sp³-hybridized carbons (Fsp3) is 0.579. The number of nitrogens with one attached hydrogen (secondary N) is 1. The zero-order valence-electron chi connectivity index (χ0n) is 14.3. The number of amides is 1. The summed E-state index contributed by atoms with van der Waals surface area (Å²) < 4.78 is 2.37. The number of aromatic nitrogens is 2. The third-order valence-electron chi connectivity index (χ3n) is 4.27. The third kappa shape index (κ3) is 5.38. The monoisotopic (exact) mass is 315 g/mol. The van der Waals surface area contributed by atoms with Crippen molar-refractivity contribution in [3.63, 3.8) is 0 Å². The van der Waals surface area contributed by atoms with Gasteiger partial charge in [-0.1, -0.05) is 51.2 Å². The fourth-order valence-electron chi connectivity index (χ4n) is 3.02. The summed E-state index contributed by atoms with van der Waals surface area (Å²) in [5.41, 5.74) is 2.32. The van der Waals surface area contributed by atoms with Gasteiger partial charge in [0.15, 0.2) is 0 Å². The lowest BCUT2D eigenvalue weighted by atomic mass is 10.1. The molecule has 0 saturated heterocycles. The van der Waals surface area contributed by atoms with Crippen LogP contribution < -0.4 is 5.32 Å². The Morgan fingerprint density at radius 3 is 2.70 bits per heavy atom. The third-order valence-corrected chi connectivity index (χ3v) is 4.27. The maximum Gasteiger partial charge on any atom is 0.207 e. The summed E-state index contributed by atoms with van der Waals surface area (Å²) >= 11 is 0. The highest BCUT2D eigenvalue weighted by Crippen LogP contribution is 2.18. The highest BCUT2D eigenvalue weighted by Gasteiger charge is 2.09. The van der Waals surface area contributed by atoms with Crippen LogP contribution in [0, 0.1) is 0 Å². The van der Waals surface area contributed by atoms with Crippen molar-refractivity contribution in [1.82, 2.24) is 14.9 Å². The molecule has 4 heteroatoms. The summed E-state index contributed by atoms with van der Waals surface area (Å²) in [5, 5.41) is 2.73. The lowest BCUT2D eigenvalue weighted by molar-refractivity contribution is -0.109. The molecule has 126 valence electrons. The molecule has 1 aromatic carbocycles. The van der Waals surface area contributed by atoms with E-state index in [2.05, 4.69) is 35.0 Å². The second kappa shape index (κ2) is 10.0. The Morgan fingerprint density at radius 1 is 1.09 bits per heavy atom. The maximum absolute atomic E-state index is 10.3. The van der Waals surface area contributed by atoms with Gasteiger partial charge in [-0.25, -0.2) is 4.98 Å². The Kier molecular flexibility index (Phi) is 7.64. The smallest absolute Gasteiger partial charge is 0.207 e. The molecule has 0 radical (unpaired) electrons. The number of rotatable bonds is 12. The topological polar surface area (TPSA) is 46.9 Å². The molecule has 0 bridgehead atoms. The molecule has 1 heterocycles. The van der Waals surface area contributed by atoms with Crippen molar-refractivity contribution in [3.8, 4) is 0 Å². The van der Waals surface area contributed by atoms with Crippen molar-refractivity contribution < 1.29 is 4.79 Å². The van der Waals surface area contributed by atoms with E-state index in [1.54, 1.807) is 0 Å². The molecule has 1 N–H and O–H groups in total. The molecule has 4 nitrogen and oxygen atoms in total. The number of para-hydroxylation sites is 2. The number of carbonyl (C=O) groups is 1. The van der Waals surface area contributed by atoms with Crippen molar-refractivity contribution in [1.29, 1.82) is 0 Å². The molecule has 2 rings (SSSR count). The number of benzene rings is 1. The number of unbranched alkanes of at least 4 members (excludes halogenated alkanes) is 5. The minimum atomic E-state index is 0.712. The van der Waals surface area contributed by atoms with Gasteiger partial charge in [0.2, 0.25) is 6.41 Å². The van der Waals surface area contributed by atoms with Crippen molar-refractivity contribution in [2.24, 2.45) is 0 Å². The van der Waals surface area contributed by atoms with E-state index >= 15 is 0 Å². The molecule has 1 aromatic heterocycles. The van der Waals surface area contributed by atoms with Gasteiger partial charge in [-0.05, 0) is 25.0 Å². The second-order valence-corrected chi connectivity index (χ2v) is 6.11. The summed E-state index contributed by atoms with van der Waals surface area (Å²) in [6, 6.07) is 8.37. The molecular weight excluding hydrogens is 286 g/mol. The van der Waals surface area contributed by atoms with E-state index in [4.69, 9.17) is 4.98 Å². The highest BCUT2D eigenvalue weighted by atomic mass is 16.1. The van der Waals surface area contributed by atoms with E-state index in [1.165, 1.54) is 44.0 Å². The number of nitrogens with zero attached hydrogens (tertiary/aromatic N) is 2. The average Bonchev–Trinajstić information content (AvgIpc) is 2.92. The Hall–Kier alpha value is -1.84. The summed E-state index contributed by atoms with van der Waals surface area (Å²) in [6.45, 7) is 4.01. The highest BCUT2D eigenvalue weighted by molar-refractivity contribution is 5.75. The van der Waals surface area contributed by atoms with E-state index in [-0.39, 0.29) is 0 Å². The molecule has 0 aliphatic rings. The largest absolute Gasteiger partial charge is 0.359 e. The number of imidazole rings is 1. The Balaban J connectivity index is 1.95. The first-order chi connectivity index (χ1) is 11.4. The molecular formula is C19H29N3O. The van der Waals surface area contributed by atoms with Gasteiger partial charge in [0.05, 0.1) is 11.0 Å². The first kappa shape index (κ1) is 17.5. The maximum atomic E-state index is 10.3. The van der Waals surface area contributed by atoms with Crippen molar-refractivity contribution in [3.05, 3.63) is 30.1 Å². The molecule has 0 fully saturated rings. The van der Waals surface area contributed by atoms with Gasteiger partial charge in [0.25, 0.3) is 0 Å². The standard InChI is InChI=1S/C19H29N3O/c1-2-3-4-5-6-9-15-22-18-12-8-7-11-17(18)21-19(22)13-10-14-20-16-23/h7-8,11-12,16H,2-6,9-10,13-15H2,1H3,(H,20,23). The number of carbonyl (C=O) groups excluding carboxylic acids is 1. The first-order valence-corrected chi connectivity index (χ1v) is 8.98. The predicted molar refractivity (Wildman–Crippen MR) is 95.5 cm³/mol. The minimum absolute atomic E-state index is 0.712. The first-order valence-electron chi connectivity index (χ1n) is 8.98. The molecule has 0 aliphatic heterocycles. The van der Waals surface area contributed by atoms with Crippen LogP contribution in [0.2, 0.25) is 0 Å². The Labute approximate surface area is 139 Å². The van der Waals surface area contributed by atoms with E-state index in [9.17, 15) is 4.79 Å². The lowest BCUT2D eigenvalue weighted by Gasteiger charge is -2.09.